The molecule has 0 aliphatic carbocycles. The van der Waals surface area contributed by atoms with Crippen LogP contribution >= 0.6 is 0 Å². The highest BCUT2D eigenvalue weighted by atomic mass is 16.4. The fourth-order valence-electron chi connectivity index (χ4n) is 4.09. The number of rotatable bonds is 5. The summed E-state index contributed by atoms with van der Waals surface area (Å²) in [4.78, 5) is 45.6. The number of nitrogens with one attached hydrogen (secondary N) is 2. The van der Waals surface area contributed by atoms with E-state index in [0.29, 0.717) is 12.6 Å². The highest BCUT2D eigenvalue weighted by Crippen LogP contribution is 2.17. The molecule has 9 nitrogen and oxygen atoms in total. The van der Waals surface area contributed by atoms with Crippen molar-refractivity contribution in [3.05, 3.63) is 49.4 Å². The number of hydrogen-bond acceptors (Lipinski definition) is 7. The van der Waals surface area contributed by atoms with Crippen LogP contribution in [-0.2, 0) is 0 Å². The Morgan fingerprint density at radius 1 is 1.30 bits per heavy atom. The van der Waals surface area contributed by atoms with Crippen LogP contribution in [0.5, 0.6) is 5.75 Å². The number of phenols is 1. The molecule has 1 aliphatic heterocycles. The normalized spacial score (nSPS) is 17.8. The molecule has 156 valence electrons. The van der Waals surface area contributed by atoms with Gasteiger partial charge in [-0.05, 0) is 38.1 Å². The van der Waals surface area contributed by atoms with Crippen LogP contribution in [0.2, 0.25) is 0 Å². The van der Waals surface area contributed by atoms with E-state index in [9.17, 15) is 24.6 Å². The second kappa shape index (κ2) is 7.75. The topological polar surface area (TPSA) is 136 Å². The van der Waals surface area contributed by atoms with Crippen molar-refractivity contribution in [3.8, 4) is 5.75 Å². The van der Waals surface area contributed by atoms with Crippen LogP contribution in [0.1, 0.15) is 30.1 Å². The highest BCUT2D eigenvalue weighted by molar-refractivity contribution is 6.02. The number of hydrogen-bond donors (Lipinski definition) is 4. The van der Waals surface area contributed by atoms with Gasteiger partial charge in [-0.15, -0.1) is 0 Å². The number of likely N-dealkylation sites (N-methyl/N-ethyl adjacent to an activating group) is 1. The number of fused-ring (bicyclic) bond motifs is 2. The summed E-state index contributed by atoms with van der Waals surface area (Å²) in [5, 5.41) is 23.2. The summed E-state index contributed by atoms with van der Waals surface area (Å²) in [5.41, 5.74) is -1.17. The van der Waals surface area contributed by atoms with Gasteiger partial charge in [0, 0.05) is 24.9 Å². The zero-order valence-electron chi connectivity index (χ0n) is 16.4. The molecule has 0 spiro atoms. The molecule has 2 heterocycles. The SMILES string of the molecule is CCN1CCCC1CN/C=c1/c(O)cc(=O)c2[nH]c3c(C(=O)O)ccc(=O)c3nc12. The average Bonchev–Trinajstić information content (AvgIpc) is 3.17. The summed E-state index contributed by atoms with van der Waals surface area (Å²) >= 11 is 0. The number of nitrogens with zero attached hydrogens (tertiary/aromatic N) is 2. The van der Waals surface area contributed by atoms with Crippen molar-refractivity contribution in [1.82, 2.24) is 20.2 Å². The fourth-order valence-corrected chi connectivity index (χ4v) is 4.09. The summed E-state index contributed by atoms with van der Waals surface area (Å²) in [5.74, 6) is -1.50. The Bertz CT molecular complexity index is 1320. The number of aromatic carboxylic acids is 1. The largest absolute Gasteiger partial charge is 0.507 e. The predicted molar refractivity (Wildman–Crippen MR) is 113 cm³/mol. The summed E-state index contributed by atoms with van der Waals surface area (Å²) in [7, 11) is 0. The Labute approximate surface area is 170 Å². The van der Waals surface area contributed by atoms with E-state index in [0.717, 1.165) is 38.1 Å². The number of carboxylic acids is 1. The van der Waals surface area contributed by atoms with Crippen LogP contribution in [0.25, 0.3) is 28.3 Å². The van der Waals surface area contributed by atoms with Gasteiger partial charge in [0.2, 0.25) is 10.9 Å². The Morgan fingerprint density at radius 3 is 2.83 bits per heavy atom. The van der Waals surface area contributed by atoms with Crippen molar-refractivity contribution in [2.45, 2.75) is 25.8 Å². The number of aromatic amines is 1. The lowest BCUT2D eigenvalue weighted by Gasteiger charge is -2.22. The summed E-state index contributed by atoms with van der Waals surface area (Å²) < 4.78 is 0. The minimum Gasteiger partial charge on any atom is -0.507 e. The first-order valence-electron chi connectivity index (χ1n) is 9.84. The van der Waals surface area contributed by atoms with Crippen molar-refractivity contribution in [1.29, 1.82) is 0 Å². The van der Waals surface area contributed by atoms with Gasteiger partial charge in [-0.3, -0.25) is 14.5 Å². The molecule has 4 N–H and O–H groups in total. The van der Waals surface area contributed by atoms with E-state index in [4.69, 9.17) is 0 Å². The number of carboxylic acid groups (broad SMARTS) is 1. The van der Waals surface area contributed by atoms with E-state index in [2.05, 4.69) is 27.1 Å². The third kappa shape index (κ3) is 3.37. The Hall–Kier alpha value is -3.46. The molecule has 0 radical (unpaired) electrons. The predicted octanol–water partition coefficient (Wildman–Crippen LogP) is 0.371. The number of aromatic nitrogens is 2. The van der Waals surface area contributed by atoms with Crippen molar-refractivity contribution < 1.29 is 15.0 Å². The van der Waals surface area contributed by atoms with Crippen LogP contribution in [-0.4, -0.2) is 56.7 Å². The standard InChI is InChI=1S/C21H22N4O5/c1-2-25-7-3-4-11(25)9-22-10-13-15(27)8-16(28)20-18(13)24-19-14(26)6-5-12(21(29)30)17(19)23-20/h5-6,8,10-11,22-23,27H,2-4,7,9H2,1H3,(H,29,30)/b13-10-. The third-order valence-corrected chi connectivity index (χ3v) is 5.63. The first-order chi connectivity index (χ1) is 14.4. The minimum atomic E-state index is -1.24. The summed E-state index contributed by atoms with van der Waals surface area (Å²) in [6.07, 6.45) is 3.80. The maximum atomic E-state index is 12.4. The molecular formula is C21H22N4O5. The Kier molecular flexibility index (Phi) is 5.13. The minimum absolute atomic E-state index is 0.0197. The second-order valence-electron chi connectivity index (χ2n) is 7.39. The zero-order valence-corrected chi connectivity index (χ0v) is 16.4. The van der Waals surface area contributed by atoms with Gasteiger partial charge >= 0.3 is 5.97 Å². The molecule has 1 aliphatic rings. The summed E-state index contributed by atoms with van der Waals surface area (Å²) in [6.45, 7) is 4.81. The number of carbonyl (C=O) groups is 1. The van der Waals surface area contributed by atoms with Crippen molar-refractivity contribution in [2.75, 3.05) is 19.6 Å². The number of aromatic hydroxyl groups is 1. The van der Waals surface area contributed by atoms with Gasteiger partial charge in [-0.2, -0.15) is 0 Å². The van der Waals surface area contributed by atoms with Gasteiger partial charge in [0.25, 0.3) is 0 Å². The molecule has 1 unspecified atom stereocenters. The molecule has 1 atom stereocenters. The number of likely N-dealkylation sites (tertiary alicyclic amines) is 1. The number of benzene rings is 2. The maximum absolute atomic E-state index is 12.4. The molecule has 0 bridgehead atoms. The second-order valence-corrected chi connectivity index (χ2v) is 7.39. The molecule has 2 aromatic carbocycles. The van der Waals surface area contributed by atoms with E-state index in [1.807, 2.05) is 0 Å². The molecule has 0 amide bonds. The van der Waals surface area contributed by atoms with Crippen molar-refractivity contribution >= 4 is 34.2 Å². The lowest BCUT2D eigenvalue weighted by molar-refractivity contribution is 0.0699. The fraction of sp³-hybridized carbons (Fsp3) is 0.333. The lowest BCUT2D eigenvalue weighted by atomic mass is 10.1. The first-order valence-corrected chi connectivity index (χ1v) is 9.84. The molecule has 1 fully saturated rings. The molecule has 4 rings (SSSR count). The Morgan fingerprint density at radius 2 is 2.10 bits per heavy atom. The van der Waals surface area contributed by atoms with Crippen LogP contribution < -0.4 is 21.4 Å². The van der Waals surface area contributed by atoms with Gasteiger partial charge in [0.1, 0.15) is 22.3 Å². The zero-order chi connectivity index (χ0) is 21.4. The van der Waals surface area contributed by atoms with Crippen LogP contribution in [0.3, 0.4) is 0 Å². The highest BCUT2D eigenvalue weighted by Gasteiger charge is 2.22. The third-order valence-electron chi connectivity index (χ3n) is 5.63. The van der Waals surface area contributed by atoms with E-state index >= 15 is 0 Å². The smallest absolute Gasteiger partial charge is 0.337 e. The van der Waals surface area contributed by atoms with Crippen LogP contribution in [0, 0.1) is 0 Å². The molecule has 1 aromatic heterocycles. The molecular weight excluding hydrogens is 388 g/mol. The number of H-pyrrole nitrogens is 1. The Balaban J connectivity index is 1.87. The van der Waals surface area contributed by atoms with Gasteiger partial charge in [0.05, 0.1) is 16.3 Å². The van der Waals surface area contributed by atoms with Crippen LogP contribution in [0.4, 0.5) is 0 Å². The molecule has 9 heteroatoms. The molecule has 30 heavy (non-hydrogen) atoms. The van der Waals surface area contributed by atoms with Gasteiger partial charge in [0.15, 0.2) is 0 Å². The van der Waals surface area contributed by atoms with E-state index < -0.39 is 16.8 Å². The first kappa shape index (κ1) is 19.8. The quantitative estimate of drug-likeness (QED) is 0.443. The van der Waals surface area contributed by atoms with Gasteiger partial charge in [-0.25, -0.2) is 9.78 Å². The van der Waals surface area contributed by atoms with Gasteiger partial charge in [-0.1, -0.05) is 6.92 Å². The molecule has 0 saturated carbocycles. The molecule has 1 saturated heterocycles. The van der Waals surface area contributed by atoms with Crippen molar-refractivity contribution in [2.24, 2.45) is 0 Å². The summed E-state index contributed by atoms with van der Waals surface area (Å²) in [6, 6.07) is 3.73. The van der Waals surface area contributed by atoms with E-state index in [1.54, 1.807) is 6.20 Å². The van der Waals surface area contributed by atoms with E-state index in [1.165, 1.54) is 6.07 Å². The average molecular weight is 410 g/mol. The number of phenolic OH excluding ortho intramolecular Hbond substituents is 1. The lowest BCUT2D eigenvalue weighted by Crippen LogP contribution is -2.36. The monoisotopic (exact) mass is 410 g/mol. The molecule has 3 aromatic rings. The van der Waals surface area contributed by atoms with Crippen LogP contribution in [0.15, 0.2) is 27.8 Å². The van der Waals surface area contributed by atoms with Crippen molar-refractivity contribution in [3.63, 3.8) is 0 Å². The van der Waals surface area contributed by atoms with E-state index in [-0.39, 0.29) is 38.6 Å². The maximum Gasteiger partial charge on any atom is 0.337 e. The van der Waals surface area contributed by atoms with Gasteiger partial charge < -0.3 is 20.5 Å².